The first-order valence-electron chi connectivity index (χ1n) is 6.01. The molecule has 16 heavy (non-hydrogen) atoms. The fraction of sp³-hybridized carbons (Fsp3) is 0.500. The van der Waals surface area contributed by atoms with Gasteiger partial charge in [-0.1, -0.05) is 37.8 Å². The van der Waals surface area contributed by atoms with Crippen LogP contribution in [0.4, 0.5) is 0 Å². The summed E-state index contributed by atoms with van der Waals surface area (Å²) in [7, 11) is 0. The summed E-state index contributed by atoms with van der Waals surface area (Å²) in [6.07, 6.45) is 14.5. The lowest BCUT2D eigenvalue weighted by Crippen LogP contribution is -2.24. The van der Waals surface area contributed by atoms with Crippen LogP contribution in [0.1, 0.15) is 32.6 Å². The highest BCUT2D eigenvalue weighted by Crippen LogP contribution is 2.19. The van der Waals surface area contributed by atoms with Crippen molar-refractivity contribution >= 4 is 5.91 Å². The molecule has 0 fully saturated rings. The van der Waals surface area contributed by atoms with E-state index in [1.165, 1.54) is 12.8 Å². The standard InChI is InChI=1S/C14H21NO/c1-3-14(16)15(4-2)12-8-11-13-9-6-5-7-10-13/h4-6,8,11,13H,2-3,7,9-10,12H2,1H3/b11-8+. The minimum absolute atomic E-state index is 0.128. The minimum Gasteiger partial charge on any atom is -0.316 e. The zero-order chi connectivity index (χ0) is 11.8. The molecule has 1 amide bonds. The largest absolute Gasteiger partial charge is 0.316 e. The van der Waals surface area contributed by atoms with Crippen LogP contribution in [0, 0.1) is 5.92 Å². The van der Waals surface area contributed by atoms with Crippen LogP contribution < -0.4 is 0 Å². The van der Waals surface area contributed by atoms with Crippen molar-refractivity contribution in [3.8, 4) is 0 Å². The summed E-state index contributed by atoms with van der Waals surface area (Å²) in [4.78, 5) is 13.1. The van der Waals surface area contributed by atoms with Crippen molar-refractivity contribution in [3.63, 3.8) is 0 Å². The van der Waals surface area contributed by atoms with Gasteiger partial charge in [0.05, 0.1) is 0 Å². The Morgan fingerprint density at radius 2 is 2.38 bits per heavy atom. The summed E-state index contributed by atoms with van der Waals surface area (Å²) in [6.45, 7) is 6.17. The number of amides is 1. The molecule has 0 aromatic rings. The zero-order valence-electron chi connectivity index (χ0n) is 10.1. The first-order chi connectivity index (χ1) is 7.77. The molecule has 1 unspecified atom stereocenters. The fourth-order valence-electron chi connectivity index (χ4n) is 1.84. The molecule has 2 heteroatoms. The highest BCUT2D eigenvalue weighted by molar-refractivity contribution is 5.76. The van der Waals surface area contributed by atoms with E-state index in [0.717, 1.165) is 6.42 Å². The Bertz CT molecular complexity index is 291. The summed E-state index contributed by atoms with van der Waals surface area (Å²) in [6, 6.07) is 0. The van der Waals surface area contributed by atoms with E-state index in [-0.39, 0.29) is 5.91 Å². The molecule has 0 bridgehead atoms. The molecule has 0 saturated heterocycles. The maximum Gasteiger partial charge on any atom is 0.226 e. The molecular formula is C14H21NO. The molecule has 0 N–H and O–H groups in total. The molecule has 1 aliphatic rings. The lowest BCUT2D eigenvalue weighted by atomic mass is 9.94. The molecule has 88 valence electrons. The van der Waals surface area contributed by atoms with Gasteiger partial charge in [-0.25, -0.2) is 0 Å². The normalized spacial score (nSPS) is 19.9. The first-order valence-corrected chi connectivity index (χ1v) is 6.01. The van der Waals surface area contributed by atoms with Crippen molar-refractivity contribution in [2.75, 3.05) is 6.54 Å². The first kappa shape index (κ1) is 12.8. The summed E-state index contributed by atoms with van der Waals surface area (Å²) < 4.78 is 0. The Hall–Kier alpha value is -1.31. The van der Waals surface area contributed by atoms with E-state index in [2.05, 4.69) is 30.9 Å². The smallest absolute Gasteiger partial charge is 0.226 e. The predicted octanol–water partition coefficient (Wildman–Crippen LogP) is 3.28. The van der Waals surface area contributed by atoms with E-state index in [1.807, 2.05) is 6.92 Å². The van der Waals surface area contributed by atoms with E-state index in [1.54, 1.807) is 11.1 Å². The Morgan fingerprint density at radius 3 is 2.94 bits per heavy atom. The summed E-state index contributed by atoms with van der Waals surface area (Å²) >= 11 is 0. The third kappa shape index (κ3) is 4.05. The zero-order valence-corrected chi connectivity index (χ0v) is 10.1. The van der Waals surface area contributed by atoms with Gasteiger partial charge >= 0.3 is 0 Å². The third-order valence-electron chi connectivity index (χ3n) is 2.86. The lowest BCUT2D eigenvalue weighted by Gasteiger charge is -2.16. The second-order valence-electron chi connectivity index (χ2n) is 4.05. The van der Waals surface area contributed by atoms with Gasteiger partial charge in [-0.15, -0.1) is 0 Å². The van der Waals surface area contributed by atoms with Crippen LogP contribution in [-0.4, -0.2) is 17.4 Å². The van der Waals surface area contributed by atoms with E-state index >= 15 is 0 Å². The van der Waals surface area contributed by atoms with Gasteiger partial charge in [0.15, 0.2) is 0 Å². The van der Waals surface area contributed by atoms with Gasteiger partial charge in [0.2, 0.25) is 5.91 Å². The van der Waals surface area contributed by atoms with Crippen LogP contribution in [-0.2, 0) is 4.79 Å². The van der Waals surface area contributed by atoms with Crippen molar-refractivity contribution in [3.05, 3.63) is 37.1 Å². The van der Waals surface area contributed by atoms with E-state index in [0.29, 0.717) is 18.9 Å². The Morgan fingerprint density at radius 1 is 1.56 bits per heavy atom. The van der Waals surface area contributed by atoms with Gasteiger partial charge in [0.25, 0.3) is 0 Å². The van der Waals surface area contributed by atoms with Crippen LogP contribution in [0.15, 0.2) is 37.1 Å². The van der Waals surface area contributed by atoms with Crippen molar-refractivity contribution in [1.82, 2.24) is 4.90 Å². The summed E-state index contributed by atoms with van der Waals surface area (Å²) in [5, 5.41) is 0. The number of nitrogens with zero attached hydrogens (tertiary/aromatic N) is 1. The molecule has 0 aromatic carbocycles. The number of rotatable bonds is 5. The number of allylic oxidation sites excluding steroid dienone is 3. The summed E-state index contributed by atoms with van der Waals surface area (Å²) in [5.41, 5.74) is 0. The third-order valence-corrected chi connectivity index (χ3v) is 2.86. The predicted molar refractivity (Wildman–Crippen MR) is 67.8 cm³/mol. The maximum absolute atomic E-state index is 11.4. The van der Waals surface area contributed by atoms with Gasteiger partial charge in [0.1, 0.15) is 0 Å². The van der Waals surface area contributed by atoms with Crippen LogP contribution in [0.25, 0.3) is 0 Å². The number of hydrogen-bond donors (Lipinski definition) is 0. The average molecular weight is 219 g/mol. The van der Waals surface area contributed by atoms with Gasteiger partial charge < -0.3 is 4.90 Å². The molecule has 1 aliphatic carbocycles. The van der Waals surface area contributed by atoms with Crippen LogP contribution in [0.2, 0.25) is 0 Å². The average Bonchev–Trinajstić information content (AvgIpc) is 2.35. The molecular weight excluding hydrogens is 198 g/mol. The van der Waals surface area contributed by atoms with Crippen molar-refractivity contribution in [1.29, 1.82) is 0 Å². The van der Waals surface area contributed by atoms with Crippen LogP contribution in [0.5, 0.6) is 0 Å². The van der Waals surface area contributed by atoms with Crippen molar-refractivity contribution in [2.45, 2.75) is 32.6 Å². The molecule has 0 saturated carbocycles. The SMILES string of the molecule is C=CN(C/C=C/C1CC=CCC1)C(=O)CC. The highest BCUT2D eigenvalue weighted by atomic mass is 16.2. The second kappa shape index (κ2) is 7.04. The van der Waals surface area contributed by atoms with Gasteiger partial charge in [-0.3, -0.25) is 4.79 Å². The molecule has 1 atom stereocenters. The van der Waals surface area contributed by atoms with E-state index in [9.17, 15) is 4.79 Å². The monoisotopic (exact) mass is 219 g/mol. The maximum atomic E-state index is 11.4. The number of hydrogen-bond acceptors (Lipinski definition) is 1. The van der Waals surface area contributed by atoms with Crippen LogP contribution >= 0.6 is 0 Å². The van der Waals surface area contributed by atoms with Gasteiger partial charge in [-0.05, 0) is 31.4 Å². The van der Waals surface area contributed by atoms with Crippen LogP contribution in [0.3, 0.4) is 0 Å². The fourth-order valence-corrected chi connectivity index (χ4v) is 1.84. The highest BCUT2D eigenvalue weighted by Gasteiger charge is 2.07. The van der Waals surface area contributed by atoms with Gasteiger partial charge in [0, 0.05) is 13.0 Å². The Kier molecular flexibility index (Phi) is 5.62. The topological polar surface area (TPSA) is 20.3 Å². The second-order valence-corrected chi connectivity index (χ2v) is 4.05. The summed E-state index contributed by atoms with van der Waals surface area (Å²) in [5.74, 6) is 0.775. The molecule has 2 nitrogen and oxygen atoms in total. The molecule has 1 rings (SSSR count). The number of carbonyl (C=O) groups excluding carboxylic acids is 1. The van der Waals surface area contributed by atoms with Crippen molar-refractivity contribution in [2.24, 2.45) is 5.92 Å². The number of carbonyl (C=O) groups is 1. The quantitative estimate of drug-likeness (QED) is 0.650. The molecule has 0 aromatic heterocycles. The van der Waals surface area contributed by atoms with Crippen molar-refractivity contribution < 1.29 is 4.79 Å². The molecule has 0 aliphatic heterocycles. The minimum atomic E-state index is 0.128. The van der Waals surface area contributed by atoms with E-state index in [4.69, 9.17) is 0 Å². The Balaban J connectivity index is 2.36. The molecule has 0 spiro atoms. The van der Waals surface area contributed by atoms with Gasteiger partial charge in [-0.2, -0.15) is 0 Å². The molecule has 0 radical (unpaired) electrons. The molecule has 0 heterocycles. The van der Waals surface area contributed by atoms with E-state index < -0.39 is 0 Å². The Labute approximate surface area is 98.3 Å². The lowest BCUT2D eigenvalue weighted by molar-refractivity contribution is -0.127.